The number of hydrogen-bond donors (Lipinski definition) is 1. The van der Waals surface area contributed by atoms with E-state index in [4.69, 9.17) is 25.8 Å². The zero-order valence-corrected chi connectivity index (χ0v) is 17.3. The summed E-state index contributed by atoms with van der Waals surface area (Å²) in [6.07, 6.45) is 2.14. The van der Waals surface area contributed by atoms with Crippen LogP contribution in [0.25, 0.3) is 0 Å². The van der Waals surface area contributed by atoms with Crippen molar-refractivity contribution in [3.05, 3.63) is 28.8 Å². The van der Waals surface area contributed by atoms with Crippen molar-refractivity contribution in [3.8, 4) is 5.75 Å². The van der Waals surface area contributed by atoms with Crippen LogP contribution in [0.4, 0.5) is 0 Å². The largest absolute Gasteiger partial charge is 0.489 e. The second kappa shape index (κ2) is 9.41. The number of hydrogen-bond acceptors (Lipinski definition) is 6. The lowest BCUT2D eigenvalue weighted by molar-refractivity contribution is -0.0855. The predicted octanol–water partition coefficient (Wildman–Crippen LogP) is 1.29. The molecule has 1 N–H and O–H groups in total. The van der Waals surface area contributed by atoms with Gasteiger partial charge in [0.2, 0.25) is 10.0 Å². The molecule has 10 heteroatoms. The second-order valence-corrected chi connectivity index (χ2v) is 9.29. The minimum absolute atomic E-state index is 0.112. The summed E-state index contributed by atoms with van der Waals surface area (Å²) < 4.78 is 41.3. The first-order valence-corrected chi connectivity index (χ1v) is 11.4. The molecule has 0 aromatic heterocycles. The minimum Gasteiger partial charge on any atom is -0.489 e. The highest BCUT2D eigenvalue weighted by molar-refractivity contribution is 7.88. The Morgan fingerprint density at radius 1 is 1.32 bits per heavy atom. The number of rotatable bonds is 6. The lowest BCUT2D eigenvalue weighted by Gasteiger charge is -2.30. The average molecular weight is 433 g/mol. The van der Waals surface area contributed by atoms with Crippen LogP contribution in [-0.2, 0) is 19.5 Å². The maximum atomic E-state index is 12.3. The van der Waals surface area contributed by atoms with Gasteiger partial charge in [0.15, 0.2) is 0 Å². The van der Waals surface area contributed by atoms with Gasteiger partial charge in [-0.25, -0.2) is 12.7 Å². The summed E-state index contributed by atoms with van der Waals surface area (Å²) in [7, 11) is -3.17. The molecule has 1 aromatic carbocycles. The van der Waals surface area contributed by atoms with Gasteiger partial charge in [-0.05, 0) is 31.0 Å². The van der Waals surface area contributed by atoms with Crippen LogP contribution in [0.1, 0.15) is 23.2 Å². The van der Waals surface area contributed by atoms with E-state index in [-0.39, 0.29) is 18.1 Å². The first-order valence-electron chi connectivity index (χ1n) is 9.22. The third kappa shape index (κ3) is 5.81. The van der Waals surface area contributed by atoms with Gasteiger partial charge in [0.1, 0.15) is 11.9 Å². The Balaban J connectivity index is 1.51. The van der Waals surface area contributed by atoms with Gasteiger partial charge in [-0.2, -0.15) is 0 Å². The lowest BCUT2D eigenvalue weighted by atomic mass is 10.1. The van der Waals surface area contributed by atoms with E-state index in [9.17, 15) is 13.2 Å². The van der Waals surface area contributed by atoms with Gasteiger partial charge in [0.05, 0.1) is 37.2 Å². The first kappa shape index (κ1) is 21.3. The molecule has 2 saturated heterocycles. The molecule has 0 saturated carbocycles. The quantitative estimate of drug-likeness (QED) is 0.727. The van der Waals surface area contributed by atoms with Crippen LogP contribution >= 0.6 is 11.6 Å². The molecule has 1 unspecified atom stereocenters. The normalized spacial score (nSPS) is 22.0. The molecule has 2 aliphatic heterocycles. The van der Waals surface area contributed by atoms with Gasteiger partial charge < -0.3 is 19.5 Å². The molecular formula is C18H25ClN2O6S. The smallest absolute Gasteiger partial charge is 0.251 e. The molecule has 1 amide bonds. The topological polar surface area (TPSA) is 94.2 Å². The van der Waals surface area contributed by atoms with Crippen molar-refractivity contribution >= 4 is 27.5 Å². The fourth-order valence-electron chi connectivity index (χ4n) is 3.16. The van der Waals surface area contributed by atoms with Crippen LogP contribution in [0, 0.1) is 0 Å². The van der Waals surface area contributed by atoms with Crippen LogP contribution in [0.15, 0.2) is 18.2 Å². The summed E-state index contributed by atoms with van der Waals surface area (Å²) in [5.74, 6) is 0.240. The number of nitrogens with zero attached hydrogens (tertiary/aromatic N) is 1. The Morgan fingerprint density at radius 3 is 2.68 bits per heavy atom. The summed E-state index contributed by atoms with van der Waals surface area (Å²) >= 11 is 6.29. The minimum atomic E-state index is -3.17. The fourth-order valence-corrected chi connectivity index (χ4v) is 4.26. The molecule has 2 heterocycles. The number of benzene rings is 1. The van der Waals surface area contributed by atoms with E-state index in [0.29, 0.717) is 68.6 Å². The molecular weight excluding hydrogens is 408 g/mol. The SMILES string of the molecule is CS(=O)(=O)N1CCC(Oc2ccc(C(=O)NCC3COCCO3)cc2Cl)CC1. The average Bonchev–Trinajstić information content (AvgIpc) is 2.68. The Morgan fingerprint density at radius 2 is 2.07 bits per heavy atom. The highest BCUT2D eigenvalue weighted by Gasteiger charge is 2.26. The summed E-state index contributed by atoms with van der Waals surface area (Å²) in [5.41, 5.74) is 0.431. The number of carbonyl (C=O) groups is 1. The van der Waals surface area contributed by atoms with E-state index in [1.54, 1.807) is 18.2 Å². The molecule has 2 aliphatic rings. The van der Waals surface area contributed by atoms with Crippen molar-refractivity contribution in [2.75, 3.05) is 45.7 Å². The van der Waals surface area contributed by atoms with Crippen molar-refractivity contribution < 1.29 is 27.4 Å². The third-order valence-electron chi connectivity index (χ3n) is 4.73. The zero-order valence-electron chi connectivity index (χ0n) is 15.7. The second-order valence-electron chi connectivity index (χ2n) is 6.90. The maximum absolute atomic E-state index is 12.3. The van der Waals surface area contributed by atoms with Crippen LogP contribution in [0.5, 0.6) is 5.75 Å². The Hall–Kier alpha value is -1.39. The Kier molecular flexibility index (Phi) is 7.16. The van der Waals surface area contributed by atoms with Gasteiger partial charge in [0.25, 0.3) is 5.91 Å². The van der Waals surface area contributed by atoms with Gasteiger partial charge >= 0.3 is 0 Å². The number of piperidine rings is 1. The van der Waals surface area contributed by atoms with E-state index in [1.807, 2.05) is 0 Å². The first-order chi connectivity index (χ1) is 13.3. The Labute approximate surface area is 170 Å². The summed E-state index contributed by atoms with van der Waals surface area (Å²) in [6.45, 7) is 2.79. The highest BCUT2D eigenvalue weighted by atomic mass is 35.5. The summed E-state index contributed by atoms with van der Waals surface area (Å²) in [5, 5.41) is 3.15. The van der Waals surface area contributed by atoms with Gasteiger partial charge in [-0.1, -0.05) is 11.6 Å². The third-order valence-corrected chi connectivity index (χ3v) is 6.33. The number of ether oxygens (including phenoxy) is 3. The molecule has 1 atom stereocenters. The summed E-state index contributed by atoms with van der Waals surface area (Å²) in [6, 6.07) is 4.89. The van der Waals surface area contributed by atoms with Gasteiger partial charge in [-0.3, -0.25) is 4.79 Å². The van der Waals surface area contributed by atoms with E-state index in [2.05, 4.69) is 5.32 Å². The van der Waals surface area contributed by atoms with Gasteiger partial charge in [0, 0.05) is 25.2 Å². The van der Waals surface area contributed by atoms with Crippen LogP contribution < -0.4 is 10.1 Å². The molecule has 0 spiro atoms. The lowest BCUT2D eigenvalue weighted by Crippen LogP contribution is -2.41. The molecule has 156 valence electrons. The van der Waals surface area contributed by atoms with E-state index in [0.717, 1.165) is 0 Å². The van der Waals surface area contributed by atoms with E-state index < -0.39 is 10.0 Å². The van der Waals surface area contributed by atoms with Crippen molar-refractivity contribution in [2.24, 2.45) is 0 Å². The molecule has 0 radical (unpaired) electrons. The van der Waals surface area contributed by atoms with Crippen LogP contribution in [0.2, 0.25) is 5.02 Å². The molecule has 1 aromatic rings. The molecule has 28 heavy (non-hydrogen) atoms. The van der Waals surface area contributed by atoms with Crippen molar-refractivity contribution in [1.82, 2.24) is 9.62 Å². The number of sulfonamides is 1. The number of carbonyl (C=O) groups excluding carboxylic acids is 1. The van der Waals surface area contributed by atoms with Gasteiger partial charge in [-0.15, -0.1) is 0 Å². The molecule has 3 rings (SSSR count). The number of halogens is 1. The molecule has 0 aliphatic carbocycles. The van der Waals surface area contributed by atoms with Crippen LogP contribution in [-0.4, -0.2) is 76.5 Å². The maximum Gasteiger partial charge on any atom is 0.251 e. The molecule has 2 fully saturated rings. The predicted molar refractivity (Wildman–Crippen MR) is 104 cm³/mol. The van der Waals surface area contributed by atoms with Crippen molar-refractivity contribution in [3.63, 3.8) is 0 Å². The molecule has 8 nitrogen and oxygen atoms in total. The number of amides is 1. The summed E-state index contributed by atoms with van der Waals surface area (Å²) in [4.78, 5) is 12.3. The Bertz CT molecular complexity index is 789. The van der Waals surface area contributed by atoms with Crippen molar-refractivity contribution in [1.29, 1.82) is 0 Å². The standard InChI is InChI=1S/C18H25ClN2O6S/c1-28(23,24)21-6-4-14(5-7-21)27-17-3-2-13(10-16(17)19)18(22)20-11-15-12-25-8-9-26-15/h2-3,10,14-15H,4-9,11-12H2,1H3,(H,20,22). The monoisotopic (exact) mass is 432 g/mol. The van der Waals surface area contributed by atoms with Crippen LogP contribution in [0.3, 0.4) is 0 Å². The highest BCUT2D eigenvalue weighted by Crippen LogP contribution is 2.28. The number of nitrogens with one attached hydrogen (secondary N) is 1. The van der Waals surface area contributed by atoms with E-state index in [1.165, 1.54) is 10.6 Å². The molecule has 0 bridgehead atoms. The zero-order chi connectivity index (χ0) is 20.1. The fraction of sp³-hybridized carbons (Fsp3) is 0.611. The van der Waals surface area contributed by atoms with Crippen molar-refractivity contribution in [2.45, 2.75) is 25.0 Å². The van der Waals surface area contributed by atoms with E-state index >= 15 is 0 Å².